The molecular formula is C7H7ClF2N2O. The molecule has 0 unspecified atom stereocenters. The highest BCUT2D eigenvalue weighted by Crippen LogP contribution is 2.29. The van der Waals surface area contributed by atoms with Gasteiger partial charge in [0.25, 0.3) is 6.43 Å². The molecule has 3 nitrogen and oxygen atoms in total. The van der Waals surface area contributed by atoms with Gasteiger partial charge in [-0.2, -0.15) is 0 Å². The Morgan fingerprint density at radius 1 is 1.62 bits per heavy atom. The minimum atomic E-state index is -2.76. The summed E-state index contributed by atoms with van der Waals surface area (Å²) in [5.74, 6) is 0. The average molecular weight is 209 g/mol. The van der Waals surface area contributed by atoms with Crippen molar-refractivity contribution in [1.29, 1.82) is 0 Å². The minimum absolute atomic E-state index is 0.0874. The Kier molecular flexibility index (Phi) is 3.00. The van der Waals surface area contributed by atoms with E-state index in [2.05, 4.69) is 4.98 Å². The standard InChI is InChI=1S/C7H7ClF2N2O/c8-4-1-12-6(7(9)10)5(11)3(4)2-13/h1,7,13H,2,11H2. The Hall–Kier alpha value is -0.940. The Balaban J connectivity index is 3.27. The van der Waals surface area contributed by atoms with Crippen LogP contribution in [0.5, 0.6) is 0 Å². The molecule has 13 heavy (non-hydrogen) atoms. The number of nitrogens with two attached hydrogens (primary N) is 1. The van der Waals surface area contributed by atoms with Crippen LogP contribution in [0.1, 0.15) is 17.7 Å². The maximum absolute atomic E-state index is 12.2. The lowest BCUT2D eigenvalue weighted by Crippen LogP contribution is -2.03. The van der Waals surface area contributed by atoms with Crippen molar-refractivity contribution in [2.45, 2.75) is 13.0 Å². The van der Waals surface area contributed by atoms with E-state index in [-0.39, 0.29) is 16.3 Å². The van der Waals surface area contributed by atoms with Crippen LogP contribution in [0.2, 0.25) is 5.02 Å². The first-order valence-corrected chi connectivity index (χ1v) is 3.77. The number of nitrogen functional groups attached to an aromatic ring is 1. The largest absolute Gasteiger partial charge is 0.397 e. The minimum Gasteiger partial charge on any atom is -0.397 e. The first-order chi connectivity index (χ1) is 6.07. The van der Waals surface area contributed by atoms with Crippen molar-refractivity contribution in [3.05, 3.63) is 22.5 Å². The number of aliphatic hydroxyl groups excluding tert-OH is 1. The molecule has 0 aliphatic heterocycles. The summed E-state index contributed by atoms with van der Waals surface area (Å²) in [6.07, 6.45) is -1.71. The van der Waals surface area contributed by atoms with Crippen LogP contribution in [0, 0.1) is 0 Å². The quantitative estimate of drug-likeness (QED) is 0.779. The summed E-state index contributed by atoms with van der Waals surface area (Å²) in [7, 11) is 0. The molecule has 0 fully saturated rings. The highest BCUT2D eigenvalue weighted by atomic mass is 35.5. The van der Waals surface area contributed by atoms with Crippen LogP contribution in [0.3, 0.4) is 0 Å². The second-order valence-electron chi connectivity index (χ2n) is 2.34. The molecule has 1 heterocycles. The third-order valence-electron chi connectivity index (χ3n) is 1.57. The Morgan fingerprint density at radius 2 is 2.23 bits per heavy atom. The SMILES string of the molecule is Nc1c(C(F)F)ncc(Cl)c1CO. The predicted molar refractivity (Wildman–Crippen MR) is 44.5 cm³/mol. The summed E-state index contributed by atoms with van der Waals surface area (Å²) in [6.45, 7) is -0.479. The van der Waals surface area contributed by atoms with E-state index in [0.29, 0.717) is 0 Å². The number of nitrogens with zero attached hydrogens (tertiary/aromatic N) is 1. The molecule has 0 spiro atoms. The monoisotopic (exact) mass is 208 g/mol. The van der Waals surface area contributed by atoms with Crippen molar-refractivity contribution in [3.8, 4) is 0 Å². The molecule has 0 aromatic carbocycles. The number of alkyl halides is 2. The third kappa shape index (κ3) is 1.87. The molecule has 0 aliphatic carbocycles. The van der Waals surface area contributed by atoms with Gasteiger partial charge < -0.3 is 10.8 Å². The van der Waals surface area contributed by atoms with Crippen LogP contribution in [-0.2, 0) is 6.61 Å². The molecule has 0 aliphatic rings. The van der Waals surface area contributed by atoms with Gasteiger partial charge in [0.15, 0.2) is 0 Å². The van der Waals surface area contributed by atoms with Crippen molar-refractivity contribution >= 4 is 17.3 Å². The molecule has 0 amide bonds. The molecular weight excluding hydrogens is 202 g/mol. The number of pyridine rings is 1. The second-order valence-corrected chi connectivity index (χ2v) is 2.75. The fourth-order valence-electron chi connectivity index (χ4n) is 0.892. The number of rotatable bonds is 2. The molecule has 1 aromatic rings. The first-order valence-electron chi connectivity index (χ1n) is 3.39. The topological polar surface area (TPSA) is 59.1 Å². The maximum Gasteiger partial charge on any atom is 0.282 e. The zero-order valence-electron chi connectivity index (χ0n) is 6.47. The normalized spacial score (nSPS) is 10.8. The summed E-state index contributed by atoms with van der Waals surface area (Å²) >= 11 is 5.56. The fourth-order valence-corrected chi connectivity index (χ4v) is 1.10. The van der Waals surface area contributed by atoms with Gasteiger partial charge in [-0.25, -0.2) is 8.78 Å². The van der Waals surface area contributed by atoms with Gasteiger partial charge in [0, 0.05) is 11.8 Å². The fraction of sp³-hybridized carbons (Fsp3) is 0.286. The van der Waals surface area contributed by atoms with E-state index >= 15 is 0 Å². The van der Waals surface area contributed by atoms with Crippen LogP contribution >= 0.6 is 11.6 Å². The highest BCUT2D eigenvalue weighted by Gasteiger charge is 2.17. The molecule has 3 N–H and O–H groups in total. The molecule has 0 atom stereocenters. The molecule has 0 saturated heterocycles. The smallest absolute Gasteiger partial charge is 0.282 e. The van der Waals surface area contributed by atoms with Crippen molar-refractivity contribution < 1.29 is 13.9 Å². The highest BCUT2D eigenvalue weighted by molar-refractivity contribution is 6.31. The van der Waals surface area contributed by atoms with Gasteiger partial charge in [0.1, 0.15) is 5.69 Å². The van der Waals surface area contributed by atoms with Gasteiger partial charge in [-0.05, 0) is 0 Å². The molecule has 0 saturated carbocycles. The number of aliphatic hydroxyl groups is 1. The van der Waals surface area contributed by atoms with E-state index in [1.807, 2.05) is 0 Å². The van der Waals surface area contributed by atoms with Crippen molar-refractivity contribution in [2.24, 2.45) is 0 Å². The molecule has 1 rings (SSSR count). The summed E-state index contributed by atoms with van der Waals surface area (Å²) in [6, 6.07) is 0. The predicted octanol–water partition coefficient (Wildman–Crippen LogP) is 1.75. The Morgan fingerprint density at radius 3 is 2.69 bits per heavy atom. The molecule has 0 bridgehead atoms. The van der Waals surface area contributed by atoms with Crippen molar-refractivity contribution in [2.75, 3.05) is 5.73 Å². The van der Waals surface area contributed by atoms with Crippen LogP contribution in [0.4, 0.5) is 14.5 Å². The first kappa shape index (κ1) is 10.1. The summed E-state index contributed by atoms with van der Waals surface area (Å²) in [4.78, 5) is 3.37. The lowest BCUT2D eigenvalue weighted by atomic mass is 10.2. The number of anilines is 1. The molecule has 0 radical (unpaired) electrons. The van der Waals surface area contributed by atoms with Gasteiger partial charge in [0.05, 0.1) is 17.3 Å². The Bertz CT molecular complexity index is 320. The van der Waals surface area contributed by atoms with Gasteiger partial charge in [0.2, 0.25) is 0 Å². The Labute approximate surface area is 78.1 Å². The maximum atomic E-state index is 12.2. The zero-order valence-corrected chi connectivity index (χ0v) is 7.22. The molecule has 6 heteroatoms. The van der Waals surface area contributed by atoms with E-state index in [1.54, 1.807) is 0 Å². The molecule has 1 aromatic heterocycles. The van der Waals surface area contributed by atoms with Gasteiger partial charge in [-0.3, -0.25) is 4.98 Å². The number of hydrogen-bond acceptors (Lipinski definition) is 3. The van der Waals surface area contributed by atoms with Gasteiger partial charge >= 0.3 is 0 Å². The van der Waals surface area contributed by atoms with Crippen LogP contribution in [0.25, 0.3) is 0 Å². The second kappa shape index (κ2) is 3.85. The zero-order chi connectivity index (χ0) is 10.0. The van der Waals surface area contributed by atoms with E-state index in [0.717, 1.165) is 6.20 Å². The number of halogens is 3. The number of aromatic nitrogens is 1. The van der Waals surface area contributed by atoms with Crippen LogP contribution in [0.15, 0.2) is 6.20 Å². The number of hydrogen-bond donors (Lipinski definition) is 2. The average Bonchev–Trinajstić information content (AvgIpc) is 2.04. The summed E-state index contributed by atoms with van der Waals surface area (Å²) < 4.78 is 24.4. The van der Waals surface area contributed by atoms with Gasteiger partial charge in [-0.1, -0.05) is 11.6 Å². The summed E-state index contributed by atoms with van der Waals surface area (Å²) in [5.41, 5.74) is 4.61. The summed E-state index contributed by atoms with van der Waals surface area (Å²) in [5, 5.41) is 8.86. The third-order valence-corrected chi connectivity index (χ3v) is 1.90. The van der Waals surface area contributed by atoms with Crippen LogP contribution < -0.4 is 5.73 Å². The van der Waals surface area contributed by atoms with Crippen molar-refractivity contribution in [1.82, 2.24) is 4.98 Å². The lowest BCUT2D eigenvalue weighted by molar-refractivity contribution is 0.146. The molecule has 72 valence electrons. The van der Waals surface area contributed by atoms with E-state index in [4.69, 9.17) is 22.4 Å². The van der Waals surface area contributed by atoms with E-state index in [9.17, 15) is 8.78 Å². The van der Waals surface area contributed by atoms with Crippen LogP contribution in [-0.4, -0.2) is 10.1 Å². The lowest BCUT2D eigenvalue weighted by Gasteiger charge is -2.08. The van der Waals surface area contributed by atoms with Crippen molar-refractivity contribution in [3.63, 3.8) is 0 Å². The van der Waals surface area contributed by atoms with E-state index < -0.39 is 18.7 Å². The van der Waals surface area contributed by atoms with Gasteiger partial charge in [-0.15, -0.1) is 0 Å². The van der Waals surface area contributed by atoms with E-state index in [1.165, 1.54) is 0 Å².